The molecule has 0 bridgehead atoms. The van der Waals surface area contributed by atoms with Crippen molar-refractivity contribution >= 4 is 11.6 Å². The Balaban J connectivity index is 2.21. The minimum absolute atomic E-state index is 0.156. The van der Waals surface area contributed by atoms with Crippen molar-refractivity contribution in [3.63, 3.8) is 0 Å². The van der Waals surface area contributed by atoms with Crippen molar-refractivity contribution in [2.45, 2.75) is 18.9 Å². The monoisotopic (exact) mass is 281 g/mol. The maximum absolute atomic E-state index is 12.0. The second-order valence-electron chi connectivity index (χ2n) is 4.40. The zero-order valence-corrected chi connectivity index (χ0v) is 11.9. The maximum atomic E-state index is 12.0. The van der Waals surface area contributed by atoms with Crippen LogP contribution in [-0.4, -0.2) is 39.9 Å². The molecule has 1 amide bonds. The van der Waals surface area contributed by atoms with Crippen molar-refractivity contribution < 1.29 is 23.7 Å². The minimum Gasteiger partial charge on any atom is -0.493 e. The topological polar surface area (TPSA) is 66.0 Å². The summed E-state index contributed by atoms with van der Waals surface area (Å²) in [6.45, 7) is 0.632. The fourth-order valence-corrected chi connectivity index (χ4v) is 2.16. The molecule has 6 nitrogen and oxygen atoms in total. The molecule has 1 aliphatic rings. The molecule has 1 fully saturated rings. The van der Waals surface area contributed by atoms with Crippen LogP contribution < -0.4 is 19.5 Å². The number of amides is 1. The number of hydrogen-bond acceptors (Lipinski definition) is 5. The lowest BCUT2D eigenvalue weighted by atomic mass is 10.2. The third kappa shape index (κ3) is 2.96. The zero-order valence-electron chi connectivity index (χ0n) is 11.9. The molecule has 1 aromatic carbocycles. The molecule has 0 saturated carbocycles. The summed E-state index contributed by atoms with van der Waals surface area (Å²) in [7, 11) is 4.59. The number of nitrogens with one attached hydrogen (secondary N) is 1. The quantitative estimate of drug-likeness (QED) is 0.892. The molecule has 0 radical (unpaired) electrons. The summed E-state index contributed by atoms with van der Waals surface area (Å²) in [5.74, 6) is 1.32. The summed E-state index contributed by atoms with van der Waals surface area (Å²) in [5.41, 5.74) is 0.583. The van der Waals surface area contributed by atoms with Crippen molar-refractivity contribution in [1.29, 1.82) is 0 Å². The molecule has 1 heterocycles. The Morgan fingerprint density at radius 1 is 1.20 bits per heavy atom. The first kappa shape index (κ1) is 14.5. The average molecular weight is 281 g/mol. The standard InChI is InChI=1S/C14H19NO5/c1-17-11-7-9(8-12(18-2)13(11)19-3)15-14(16)10-5-4-6-20-10/h7-8,10H,4-6H2,1-3H3,(H,15,16)/t10-/m1/s1. The second kappa shape index (κ2) is 6.47. The van der Waals surface area contributed by atoms with Crippen molar-refractivity contribution in [1.82, 2.24) is 0 Å². The molecule has 110 valence electrons. The van der Waals surface area contributed by atoms with Crippen LogP contribution in [0.25, 0.3) is 0 Å². The maximum Gasteiger partial charge on any atom is 0.253 e. The minimum atomic E-state index is -0.380. The molecule has 0 aliphatic carbocycles. The van der Waals surface area contributed by atoms with Crippen molar-refractivity contribution in [3.05, 3.63) is 12.1 Å². The summed E-state index contributed by atoms with van der Waals surface area (Å²) >= 11 is 0. The smallest absolute Gasteiger partial charge is 0.253 e. The van der Waals surface area contributed by atoms with E-state index in [-0.39, 0.29) is 12.0 Å². The zero-order chi connectivity index (χ0) is 14.5. The number of carbonyl (C=O) groups excluding carboxylic acids is 1. The molecule has 20 heavy (non-hydrogen) atoms. The van der Waals surface area contributed by atoms with E-state index in [1.54, 1.807) is 12.1 Å². The van der Waals surface area contributed by atoms with Gasteiger partial charge in [0.1, 0.15) is 6.10 Å². The second-order valence-corrected chi connectivity index (χ2v) is 4.40. The number of hydrogen-bond donors (Lipinski definition) is 1. The van der Waals surface area contributed by atoms with Crippen molar-refractivity contribution in [3.8, 4) is 17.2 Å². The number of rotatable bonds is 5. The number of benzene rings is 1. The Hall–Kier alpha value is -1.95. The predicted molar refractivity (Wildman–Crippen MR) is 73.7 cm³/mol. The van der Waals surface area contributed by atoms with E-state index in [2.05, 4.69) is 5.32 Å². The first-order chi connectivity index (χ1) is 9.69. The lowest BCUT2D eigenvalue weighted by Gasteiger charge is -2.15. The van der Waals surface area contributed by atoms with Crippen molar-refractivity contribution in [2.24, 2.45) is 0 Å². The summed E-state index contributed by atoms with van der Waals surface area (Å²) < 4.78 is 21.1. The van der Waals surface area contributed by atoms with E-state index >= 15 is 0 Å². The van der Waals surface area contributed by atoms with Gasteiger partial charge in [-0.2, -0.15) is 0 Å². The number of carbonyl (C=O) groups is 1. The Morgan fingerprint density at radius 2 is 1.85 bits per heavy atom. The highest BCUT2D eigenvalue weighted by molar-refractivity contribution is 5.95. The van der Waals surface area contributed by atoms with Crippen LogP contribution in [0.15, 0.2) is 12.1 Å². The lowest BCUT2D eigenvalue weighted by molar-refractivity contribution is -0.124. The van der Waals surface area contributed by atoms with E-state index < -0.39 is 0 Å². The largest absolute Gasteiger partial charge is 0.493 e. The van der Waals surface area contributed by atoms with Gasteiger partial charge in [-0.05, 0) is 12.8 Å². The SMILES string of the molecule is COc1cc(NC(=O)[C@H]2CCCO2)cc(OC)c1OC. The average Bonchev–Trinajstić information content (AvgIpc) is 3.00. The highest BCUT2D eigenvalue weighted by Crippen LogP contribution is 2.40. The van der Waals surface area contributed by atoms with E-state index in [1.807, 2.05) is 0 Å². The van der Waals surface area contributed by atoms with E-state index in [1.165, 1.54) is 21.3 Å². The molecular formula is C14H19NO5. The van der Waals surface area contributed by atoms with E-state index in [0.717, 1.165) is 12.8 Å². The van der Waals surface area contributed by atoms with Gasteiger partial charge in [-0.25, -0.2) is 0 Å². The van der Waals surface area contributed by atoms with Gasteiger partial charge in [0, 0.05) is 24.4 Å². The van der Waals surface area contributed by atoms with Gasteiger partial charge < -0.3 is 24.3 Å². The van der Waals surface area contributed by atoms with Gasteiger partial charge in [0.25, 0.3) is 5.91 Å². The molecule has 0 spiro atoms. The first-order valence-electron chi connectivity index (χ1n) is 6.42. The van der Waals surface area contributed by atoms with Crippen molar-refractivity contribution in [2.75, 3.05) is 33.3 Å². The van der Waals surface area contributed by atoms with Gasteiger partial charge in [-0.3, -0.25) is 4.79 Å². The number of methoxy groups -OCH3 is 3. The van der Waals surface area contributed by atoms with E-state index in [0.29, 0.717) is 29.5 Å². The fourth-order valence-electron chi connectivity index (χ4n) is 2.16. The van der Waals surface area contributed by atoms with Crippen LogP contribution in [0, 0.1) is 0 Å². The molecule has 0 unspecified atom stereocenters. The van der Waals surface area contributed by atoms with Crippen LogP contribution in [-0.2, 0) is 9.53 Å². The first-order valence-corrected chi connectivity index (χ1v) is 6.42. The van der Waals surface area contributed by atoms with Gasteiger partial charge in [0.05, 0.1) is 21.3 Å². The highest BCUT2D eigenvalue weighted by Gasteiger charge is 2.24. The molecule has 1 N–H and O–H groups in total. The number of ether oxygens (including phenoxy) is 4. The Bertz CT molecular complexity index is 457. The summed E-state index contributed by atoms with van der Waals surface area (Å²) in [6.07, 6.45) is 1.28. The van der Waals surface area contributed by atoms with Gasteiger partial charge in [0.2, 0.25) is 5.75 Å². The van der Waals surface area contributed by atoms with Gasteiger partial charge in [-0.15, -0.1) is 0 Å². The number of anilines is 1. The molecule has 1 atom stereocenters. The molecule has 2 rings (SSSR count). The molecule has 1 saturated heterocycles. The predicted octanol–water partition coefficient (Wildman–Crippen LogP) is 1.83. The molecular weight excluding hydrogens is 262 g/mol. The van der Waals surface area contributed by atoms with Crippen LogP contribution >= 0.6 is 0 Å². The fraction of sp³-hybridized carbons (Fsp3) is 0.500. The normalized spacial score (nSPS) is 17.6. The van der Waals surface area contributed by atoms with Gasteiger partial charge in [0.15, 0.2) is 11.5 Å². The van der Waals surface area contributed by atoms with Crippen LogP contribution in [0.1, 0.15) is 12.8 Å². The molecule has 1 aliphatic heterocycles. The highest BCUT2D eigenvalue weighted by atomic mass is 16.5. The third-order valence-corrected chi connectivity index (χ3v) is 3.15. The molecule has 6 heteroatoms. The van der Waals surface area contributed by atoms with Gasteiger partial charge in [-0.1, -0.05) is 0 Å². The van der Waals surface area contributed by atoms with Crippen LogP contribution in [0.2, 0.25) is 0 Å². The van der Waals surface area contributed by atoms with Crippen LogP contribution in [0.5, 0.6) is 17.2 Å². The van der Waals surface area contributed by atoms with E-state index in [4.69, 9.17) is 18.9 Å². The van der Waals surface area contributed by atoms with Crippen LogP contribution in [0.3, 0.4) is 0 Å². The van der Waals surface area contributed by atoms with E-state index in [9.17, 15) is 4.79 Å². The summed E-state index contributed by atoms with van der Waals surface area (Å²) in [6, 6.07) is 3.38. The molecule has 0 aromatic heterocycles. The molecule has 1 aromatic rings. The Labute approximate surface area is 118 Å². The lowest BCUT2D eigenvalue weighted by Crippen LogP contribution is -2.26. The van der Waals surface area contributed by atoms with Gasteiger partial charge >= 0.3 is 0 Å². The Kier molecular flexibility index (Phi) is 4.68. The summed E-state index contributed by atoms with van der Waals surface area (Å²) in [4.78, 5) is 12.0. The summed E-state index contributed by atoms with van der Waals surface area (Å²) in [5, 5.41) is 2.81. The Morgan fingerprint density at radius 3 is 2.30 bits per heavy atom. The van der Waals surface area contributed by atoms with Crippen LogP contribution in [0.4, 0.5) is 5.69 Å². The third-order valence-electron chi connectivity index (χ3n) is 3.15.